The maximum absolute atomic E-state index is 10.9. The van der Waals surface area contributed by atoms with E-state index in [-0.39, 0.29) is 12.3 Å². The Labute approximate surface area is 109 Å². The Morgan fingerprint density at radius 2 is 1.89 bits per heavy atom. The molecule has 3 rings (SSSR count). The van der Waals surface area contributed by atoms with Gasteiger partial charge in [0.05, 0.1) is 17.9 Å². The molecule has 1 aliphatic heterocycles. The molecular weight excluding hydrogens is 246 g/mol. The molecule has 0 spiro atoms. The predicted molar refractivity (Wildman–Crippen MR) is 71.7 cm³/mol. The van der Waals surface area contributed by atoms with E-state index in [0.717, 1.165) is 21.8 Å². The highest BCUT2D eigenvalue weighted by Crippen LogP contribution is 2.50. The van der Waals surface area contributed by atoms with Crippen LogP contribution in [0.4, 0.5) is 11.4 Å². The summed E-state index contributed by atoms with van der Waals surface area (Å²) in [6.07, 6.45) is 0.850. The molecule has 0 aromatic heterocycles. The molecule has 90 valence electrons. The third-order valence-electron chi connectivity index (χ3n) is 2.88. The van der Waals surface area contributed by atoms with Crippen molar-refractivity contribution >= 4 is 29.4 Å². The fourth-order valence-electron chi connectivity index (χ4n) is 2.13. The number of aldehydes is 1. The minimum atomic E-state index is 0.205. The summed E-state index contributed by atoms with van der Waals surface area (Å²) >= 11 is 1.61. The standard InChI is InChI=1S/C14H11NO2S/c16-9-8-15-10-4-1-2-6-12(10)18-13-7-3-5-11(17)14(13)15/h1-7,9,17H,8H2. The number of rotatable bonds is 2. The van der Waals surface area contributed by atoms with Crippen LogP contribution in [0.3, 0.4) is 0 Å². The number of hydrogen-bond acceptors (Lipinski definition) is 4. The van der Waals surface area contributed by atoms with Crippen LogP contribution < -0.4 is 4.90 Å². The molecule has 0 atom stereocenters. The van der Waals surface area contributed by atoms with Gasteiger partial charge in [-0.05, 0) is 24.3 Å². The number of carbonyl (C=O) groups excluding carboxylic acids is 1. The third kappa shape index (κ3) is 1.66. The molecule has 0 saturated carbocycles. The second kappa shape index (κ2) is 4.38. The first kappa shape index (κ1) is 11.2. The molecule has 0 fully saturated rings. The zero-order valence-corrected chi connectivity index (χ0v) is 10.4. The van der Waals surface area contributed by atoms with Crippen molar-refractivity contribution in [2.24, 2.45) is 0 Å². The van der Waals surface area contributed by atoms with E-state index in [1.165, 1.54) is 0 Å². The van der Waals surface area contributed by atoms with E-state index in [0.29, 0.717) is 5.69 Å². The lowest BCUT2D eigenvalue weighted by molar-refractivity contribution is -0.106. The van der Waals surface area contributed by atoms with E-state index in [1.54, 1.807) is 17.8 Å². The Hall–Kier alpha value is -1.94. The average molecular weight is 257 g/mol. The van der Waals surface area contributed by atoms with Crippen molar-refractivity contribution in [3.05, 3.63) is 42.5 Å². The molecule has 4 heteroatoms. The molecule has 1 heterocycles. The molecule has 0 saturated heterocycles. The number of nitrogens with zero attached hydrogens (tertiary/aromatic N) is 1. The number of anilines is 2. The van der Waals surface area contributed by atoms with Gasteiger partial charge in [0.15, 0.2) is 0 Å². The van der Waals surface area contributed by atoms with Gasteiger partial charge in [-0.15, -0.1) is 0 Å². The van der Waals surface area contributed by atoms with Crippen molar-refractivity contribution < 1.29 is 9.90 Å². The van der Waals surface area contributed by atoms with Gasteiger partial charge in [0.25, 0.3) is 0 Å². The van der Waals surface area contributed by atoms with Gasteiger partial charge in [-0.3, -0.25) is 0 Å². The lowest BCUT2D eigenvalue weighted by Gasteiger charge is -2.31. The minimum Gasteiger partial charge on any atom is -0.506 e. The lowest BCUT2D eigenvalue weighted by Crippen LogP contribution is -2.22. The van der Waals surface area contributed by atoms with Gasteiger partial charge in [-0.2, -0.15) is 0 Å². The van der Waals surface area contributed by atoms with Gasteiger partial charge in [0.2, 0.25) is 0 Å². The van der Waals surface area contributed by atoms with Gasteiger partial charge in [0.1, 0.15) is 12.0 Å². The minimum absolute atomic E-state index is 0.205. The van der Waals surface area contributed by atoms with Crippen LogP contribution in [0.2, 0.25) is 0 Å². The van der Waals surface area contributed by atoms with Gasteiger partial charge in [-0.25, -0.2) is 0 Å². The largest absolute Gasteiger partial charge is 0.506 e. The summed E-state index contributed by atoms with van der Waals surface area (Å²) in [5.41, 5.74) is 1.68. The molecule has 0 radical (unpaired) electrons. The van der Waals surface area contributed by atoms with Crippen LogP contribution >= 0.6 is 11.8 Å². The molecule has 2 aromatic carbocycles. The molecule has 18 heavy (non-hydrogen) atoms. The number of benzene rings is 2. The van der Waals surface area contributed by atoms with E-state index in [2.05, 4.69) is 0 Å². The van der Waals surface area contributed by atoms with Crippen LogP contribution in [0.15, 0.2) is 52.3 Å². The van der Waals surface area contributed by atoms with E-state index in [9.17, 15) is 9.90 Å². The first-order chi connectivity index (χ1) is 8.81. The highest BCUT2D eigenvalue weighted by atomic mass is 32.2. The summed E-state index contributed by atoms with van der Waals surface area (Å²) in [7, 11) is 0. The SMILES string of the molecule is O=CCN1c2ccccc2Sc2cccc(O)c21. The Morgan fingerprint density at radius 1 is 1.11 bits per heavy atom. The van der Waals surface area contributed by atoms with Crippen LogP contribution in [0.5, 0.6) is 5.75 Å². The monoisotopic (exact) mass is 257 g/mol. The lowest BCUT2D eigenvalue weighted by atomic mass is 10.2. The first-order valence-electron chi connectivity index (χ1n) is 5.61. The van der Waals surface area contributed by atoms with E-state index in [1.807, 2.05) is 41.3 Å². The molecule has 2 aromatic rings. The number of phenols is 1. The number of carbonyl (C=O) groups is 1. The summed E-state index contributed by atoms with van der Waals surface area (Å²) in [5.74, 6) is 0.205. The summed E-state index contributed by atoms with van der Waals surface area (Å²) < 4.78 is 0. The topological polar surface area (TPSA) is 40.5 Å². The maximum atomic E-state index is 10.9. The highest BCUT2D eigenvalue weighted by Gasteiger charge is 2.25. The summed E-state index contributed by atoms with van der Waals surface area (Å²) in [4.78, 5) is 14.8. The Bertz CT molecular complexity index is 612. The third-order valence-corrected chi connectivity index (χ3v) is 4.00. The van der Waals surface area contributed by atoms with E-state index in [4.69, 9.17) is 0 Å². The van der Waals surface area contributed by atoms with Crippen LogP contribution in [0, 0.1) is 0 Å². The number of hydrogen-bond donors (Lipinski definition) is 1. The second-order valence-corrected chi connectivity index (χ2v) is 5.05. The Morgan fingerprint density at radius 3 is 2.72 bits per heavy atom. The molecule has 1 aliphatic rings. The summed E-state index contributed by atoms with van der Waals surface area (Å²) in [5, 5.41) is 10.0. The van der Waals surface area contributed by atoms with E-state index >= 15 is 0 Å². The molecular formula is C14H11NO2S. The van der Waals surface area contributed by atoms with Crippen molar-refractivity contribution in [1.82, 2.24) is 0 Å². The van der Waals surface area contributed by atoms with Gasteiger partial charge in [0, 0.05) is 9.79 Å². The van der Waals surface area contributed by atoms with E-state index < -0.39 is 0 Å². The number of fused-ring (bicyclic) bond motifs is 2. The Balaban J connectivity index is 2.21. The number of phenolic OH excluding ortho intramolecular Hbond substituents is 1. The highest BCUT2D eigenvalue weighted by molar-refractivity contribution is 7.99. The van der Waals surface area contributed by atoms with Crippen LogP contribution in [0.1, 0.15) is 0 Å². The normalized spacial score (nSPS) is 12.8. The molecule has 0 amide bonds. The summed E-state index contributed by atoms with van der Waals surface area (Å²) in [6.45, 7) is 0.238. The maximum Gasteiger partial charge on any atom is 0.140 e. The zero-order valence-electron chi connectivity index (χ0n) is 9.54. The van der Waals surface area contributed by atoms with Gasteiger partial charge >= 0.3 is 0 Å². The van der Waals surface area contributed by atoms with Crippen molar-refractivity contribution in [2.45, 2.75) is 9.79 Å². The fourth-order valence-corrected chi connectivity index (χ4v) is 3.26. The van der Waals surface area contributed by atoms with Gasteiger partial charge < -0.3 is 14.8 Å². The second-order valence-electron chi connectivity index (χ2n) is 3.97. The number of aromatic hydroxyl groups is 1. The van der Waals surface area contributed by atoms with Gasteiger partial charge in [-0.1, -0.05) is 30.0 Å². The summed E-state index contributed by atoms with van der Waals surface area (Å²) in [6, 6.07) is 13.3. The smallest absolute Gasteiger partial charge is 0.140 e. The zero-order chi connectivity index (χ0) is 12.5. The van der Waals surface area contributed by atoms with Crippen LogP contribution in [-0.4, -0.2) is 17.9 Å². The quantitative estimate of drug-likeness (QED) is 0.839. The van der Waals surface area contributed by atoms with Crippen LogP contribution in [0.25, 0.3) is 0 Å². The van der Waals surface area contributed by atoms with Crippen LogP contribution in [-0.2, 0) is 4.79 Å². The predicted octanol–water partition coefficient (Wildman–Crippen LogP) is 3.19. The van der Waals surface area contributed by atoms with Crippen molar-refractivity contribution in [3.8, 4) is 5.75 Å². The van der Waals surface area contributed by atoms with Crippen molar-refractivity contribution in [1.29, 1.82) is 0 Å². The van der Waals surface area contributed by atoms with Crippen molar-refractivity contribution in [2.75, 3.05) is 11.4 Å². The average Bonchev–Trinajstić information content (AvgIpc) is 2.39. The fraction of sp³-hybridized carbons (Fsp3) is 0.0714. The molecule has 3 nitrogen and oxygen atoms in total. The number of para-hydroxylation sites is 2. The Kier molecular flexibility index (Phi) is 2.72. The van der Waals surface area contributed by atoms with Crippen molar-refractivity contribution in [3.63, 3.8) is 0 Å². The molecule has 0 unspecified atom stereocenters. The molecule has 1 N–H and O–H groups in total. The molecule has 0 aliphatic carbocycles. The first-order valence-corrected chi connectivity index (χ1v) is 6.43. The molecule has 0 bridgehead atoms.